The van der Waals surface area contributed by atoms with Gasteiger partial charge in [-0.2, -0.15) is 0 Å². The van der Waals surface area contributed by atoms with Gasteiger partial charge in [0.15, 0.2) is 11.6 Å². The number of hydrogen-bond acceptors (Lipinski definition) is 5. The average molecular weight is 314 g/mol. The van der Waals surface area contributed by atoms with E-state index < -0.39 is 0 Å². The third-order valence-corrected chi connectivity index (χ3v) is 7.14. The van der Waals surface area contributed by atoms with Crippen LogP contribution in [-0.2, 0) is 0 Å². The number of rotatable bonds is 0. The molecular weight excluding hydrogens is 304 g/mol. The number of carbonyl (C=O) groups excluding carboxylic acids is 2. The van der Waals surface area contributed by atoms with Crippen molar-refractivity contribution >= 4 is 43.6 Å². The molecule has 5 rings (SSSR count). The number of benzene rings is 1. The first-order chi connectivity index (χ1) is 10.1. The van der Waals surface area contributed by atoms with E-state index in [1.807, 2.05) is 0 Å². The average Bonchev–Trinajstić information content (AvgIpc) is 3.14. The molecule has 1 fully saturated rings. The van der Waals surface area contributed by atoms with E-state index in [9.17, 15) is 14.4 Å². The van der Waals surface area contributed by atoms with Crippen LogP contribution in [0.15, 0.2) is 29.1 Å². The third-order valence-electron chi connectivity index (χ3n) is 5.07. The van der Waals surface area contributed by atoms with Crippen LogP contribution in [-0.4, -0.2) is 11.6 Å². The van der Waals surface area contributed by atoms with Gasteiger partial charge in [-0.05, 0) is 30.4 Å². The predicted octanol–water partition coefficient (Wildman–Crippen LogP) is 3.14. The Morgan fingerprint density at radius 3 is 1.76 bits per heavy atom. The minimum Gasteiger partial charge on any atom is -0.294 e. The fourth-order valence-corrected chi connectivity index (χ4v) is 6.21. The minimum atomic E-state index is -0.173. The molecule has 0 spiro atoms. The quantitative estimate of drug-likeness (QED) is 0.702. The van der Waals surface area contributed by atoms with Crippen molar-refractivity contribution < 1.29 is 9.59 Å². The van der Waals surface area contributed by atoms with Gasteiger partial charge in [-0.1, -0.05) is 34.8 Å². The molecule has 3 aliphatic carbocycles. The fourth-order valence-electron chi connectivity index (χ4n) is 4.22. The van der Waals surface area contributed by atoms with Gasteiger partial charge in [0.25, 0.3) is 4.06 Å². The summed E-state index contributed by atoms with van der Waals surface area (Å²) in [5.41, 5.74) is 1.06. The zero-order valence-corrected chi connectivity index (χ0v) is 12.5. The number of Topliss-reactive ketones (excluding diaryl/α,β-unsaturated/α-hetero) is 2. The minimum absolute atomic E-state index is 0.00850. The molecule has 0 N–H and O–H groups in total. The Labute approximate surface area is 127 Å². The topological polar surface area (TPSA) is 51.2 Å². The zero-order valence-electron chi connectivity index (χ0n) is 10.9. The lowest BCUT2D eigenvalue weighted by Crippen LogP contribution is -2.38. The Bertz CT molecular complexity index is 847. The van der Waals surface area contributed by atoms with Gasteiger partial charge < -0.3 is 0 Å². The molecule has 1 aromatic heterocycles. The monoisotopic (exact) mass is 314 g/mol. The zero-order chi connectivity index (χ0) is 14.3. The number of hydrogen-bond donors (Lipinski definition) is 0. The molecule has 2 bridgehead atoms. The molecule has 5 heteroatoms. The second-order valence-corrected chi connectivity index (χ2v) is 8.31. The lowest BCUT2D eigenvalue weighted by molar-refractivity contribution is 0.0721. The molecule has 3 nitrogen and oxygen atoms in total. The van der Waals surface area contributed by atoms with E-state index >= 15 is 0 Å². The van der Waals surface area contributed by atoms with Gasteiger partial charge in [0.1, 0.15) is 0 Å². The van der Waals surface area contributed by atoms with Crippen LogP contribution in [0.5, 0.6) is 0 Å². The molecule has 1 saturated carbocycles. The smallest absolute Gasteiger partial charge is 0.288 e. The van der Waals surface area contributed by atoms with Crippen LogP contribution in [0.3, 0.4) is 0 Å². The van der Waals surface area contributed by atoms with Crippen LogP contribution in [0.1, 0.15) is 27.1 Å². The number of ketones is 2. The van der Waals surface area contributed by atoms with Crippen molar-refractivity contribution in [3.63, 3.8) is 0 Å². The molecule has 2 aromatic rings. The summed E-state index contributed by atoms with van der Waals surface area (Å²) in [4.78, 5) is 37.2. The maximum Gasteiger partial charge on any atom is 0.288 e. The Balaban J connectivity index is 1.79. The molecule has 21 heavy (non-hydrogen) atoms. The van der Waals surface area contributed by atoms with E-state index in [1.54, 1.807) is 12.1 Å². The van der Waals surface area contributed by atoms with Crippen molar-refractivity contribution in [1.82, 2.24) is 0 Å². The van der Waals surface area contributed by atoms with E-state index in [0.717, 1.165) is 38.5 Å². The number of carbonyl (C=O) groups is 2. The molecule has 0 radical (unpaired) electrons. The first-order valence-electron chi connectivity index (χ1n) is 6.98. The van der Waals surface area contributed by atoms with Gasteiger partial charge in [0.05, 0.1) is 0 Å². The van der Waals surface area contributed by atoms with Crippen molar-refractivity contribution in [3.05, 3.63) is 44.3 Å². The van der Waals surface area contributed by atoms with Crippen LogP contribution in [0, 0.1) is 23.7 Å². The summed E-state index contributed by atoms with van der Waals surface area (Å²) in [6.45, 7) is 0. The van der Waals surface area contributed by atoms with Gasteiger partial charge in [-0.15, -0.1) is 0 Å². The third kappa shape index (κ3) is 1.40. The highest BCUT2D eigenvalue weighted by Crippen LogP contribution is 2.53. The Morgan fingerprint density at radius 1 is 0.810 bits per heavy atom. The molecule has 0 amide bonds. The summed E-state index contributed by atoms with van der Waals surface area (Å²) in [7, 11) is 0. The van der Waals surface area contributed by atoms with Crippen molar-refractivity contribution in [3.8, 4) is 0 Å². The maximum atomic E-state index is 12.8. The summed E-state index contributed by atoms with van der Waals surface area (Å²) < 4.78 is 1.65. The van der Waals surface area contributed by atoms with Gasteiger partial charge in [0, 0.05) is 32.4 Å². The largest absolute Gasteiger partial charge is 0.294 e. The fraction of sp³-hybridized carbons (Fsp3) is 0.312. The SMILES string of the molecule is O=C1c2cc3sc(=O)sc3cc2C(=O)C2C3C=CC(C3)C12. The summed E-state index contributed by atoms with van der Waals surface area (Å²) in [6, 6.07) is 3.53. The first kappa shape index (κ1) is 12.0. The number of fused-ring (bicyclic) bond motifs is 7. The van der Waals surface area contributed by atoms with E-state index in [0.29, 0.717) is 11.1 Å². The lowest BCUT2D eigenvalue weighted by Gasteiger charge is -2.31. The first-order valence-corrected chi connectivity index (χ1v) is 8.61. The van der Waals surface area contributed by atoms with E-state index in [1.165, 1.54) is 0 Å². The van der Waals surface area contributed by atoms with Crippen LogP contribution >= 0.6 is 22.7 Å². The highest BCUT2D eigenvalue weighted by molar-refractivity contribution is 7.35. The van der Waals surface area contributed by atoms with Crippen molar-refractivity contribution in [2.45, 2.75) is 6.42 Å². The number of allylic oxidation sites excluding steroid dienone is 2. The van der Waals surface area contributed by atoms with Gasteiger partial charge in [0.2, 0.25) is 0 Å². The molecule has 0 aliphatic heterocycles. The highest BCUT2D eigenvalue weighted by Gasteiger charge is 2.54. The Kier molecular flexibility index (Phi) is 2.16. The predicted molar refractivity (Wildman–Crippen MR) is 82.4 cm³/mol. The van der Waals surface area contributed by atoms with Crippen molar-refractivity contribution in [2.75, 3.05) is 0 Å². The lowest BCUT2D eigenvalue weighted by atomic mass is 9.69. The van der Waals surface area contributed by atoms with Crippen LogP contribution in [0.25, 0.3) is 9.40 Å². The Morgan fingerprint density at radius 2 is 1.29 bits per heavy atom. The van der Waals surface area contributed by atoms with Crippen molar-refractivity contribution in [1.29, 1.82) is 0 Å². The molecular formula is C16H10O3S2. The molecule has 1 heterocycles. The van der Waals surface area contributed by atoms with E-state index in [-0.39, 0.29) is 39.3 Å². The van der Waals surface area contributed by atoms with Gasteiger partial charge in [-0.25, -0.2) is 0 Å². The molecule has 4 unspecified atom stereocenters. The second kappa shape index (κ2) is 3.78. The summed E-state index contributed by atoms with van der Waals surface area (Å²) in [5.74, 6) is 0.294. The normalized spacial score (nSPS) is 32.8. The molecule has 104 valence electrons. The van der Waals surface area contributed by atoms with E-state index in [4.69, 9.17) is 0 Å². The second-order valence-electron chi connectivity index (χ2n) is 6.03. The van der Waals surface area contributed by atoms with Gasteiger partial charge >= 0.3 is 0 Å². The Hall–Kier alpha value is -1.59. The van der Waals surface area contributed by atoms with Crippen LogP contribution in [0.2, 0.25) is 0 Å². The van der Waals surface area contributed by atoms with Crippen molar-refractivity contribution in [2.24, 2.45) is 23.7 Å². The molecule has 3 aliphatic rings. The summed E-state index contributed by atoms with van der Waals surface area (Å²) in [5, 5.41) is 0. The molecule has 0 saturated heterocycles. The molecule has 1 aromatic carbocycles. The molecule has 4 atom stereocenters. The van der Waals surface area contributed by atoms with E-state index in [2.05, 4.69) is 12.2 Å². The summed E-state index contributed by atoms with van der Waals surface area (Å²) in [6.07, 6.45) is 5.13. The van der Waals surface area contributed by atoms with Crippen LogP contribution in [0.4, 0.5) is 0 Å². The van der Waals surface area contributed by atoms with Gasteiger partial charge in [-0.3, -0.25) is 14.4 Å². The standard InChI is InChI=1S/C16H10O3S2/c17-14-8-4-10-11(21-16(19)20-10)5-9(8)15(18)13-7-2-1-6(3-7)12(13)14/h1-2,4-7,12-13H,3H2. The van der Waals surface area contributed by atoms with Crippen LogP contribution < -0.4 is 4.06 Å². The maximum absolute atomic E-state index is 12.8. The summed E-state index contributed by atoms with van der Waals surface area (Å²) >= 11 is 2.31. The highest BCUT2D eigenvalue weighted by atomic mass is 32.2.